The molecule has 1 aromatic rings. The molecule has 0 spiro atoms. The molecule has 0 aliphatic carbocycles. The zero-order valence-electron chi connectivity index (χ0n) is 11.1. The van der Waals surface area contributed by atoms with E-state index in [-0.39, 0.29) is 0 Å². The molecule has 1 heterocycles. The van der Waals surface area contributed by atoms with Crippen LogP contribution < -0.4 is 9.47 Å². The van der Waals surface area contributed by atoms with Gasteiger partial charge in [-0.1, -0.05) is 38.7 Å². The Balaban J connectivity index is 2.28. The summed E-state index contributed by atoms with van der Waals surface area (Å²) in [6.45, 7) is 8.48. The van der Waals surface area contributed by atoms with Crippen LogP contribution >= 0.6 is 0 Å². The van der Waals surface area contributed by atoms with Crippen LogP contribution in [0.2, 0.25) is 0 Å². The van der Waals surface area contributed by atoms with Crippen molar-refractivity contribution in [2.24, 2.45) is 5.92 Å². The van der Waals surface area contributed by atoms with Gasteiger partial charge in [0.25, 0.3) is 0 Å². The Morgan fingerprint density at radius 3 is 2.50 bits per heavy atom. The average Bonchev–Trinajstić information content (AvgIpc) is 2.75. The minimum atomic E-state index is 0.336. The summed E-state index contributed by atoms with van der Waals surface area (Å²) in [4.78, 5) is 0. The fourth-order valence-corrected chi connectivity index (χ4v) is 2.14. The maximum Gasteiger partial charge on any atom is 0.231 e. The van der Waals surface area contributed by atoms with Gasteiger partial charge < -0.3 is 9.47 Å². The van der Waals surface area contributed by atoms with Gasteiger partial charge in [-0.3, -0.25) is 0 Å². The minimum Gasteiger partial charge on any atom is -0.454 e. The standard InChI is InChI=1S/C16H20O2/c1-4-5-6-7-13-9-15-16(18-11-17-15)10-14(13)8-12(2)3/h4-6,9-10,12H,1,7-8,11H2,2-3H3. The first-order valence-electron chi connectivity index (χ1n) is 6.39. The summed E-state index contributed by atoms with van der Waals surface area (Å²) in [6, 6.07) is 4.23. The van der Waals surface area contributed by atoms with Gasteiger partial charge in [0, 0.05) is 0 Å². The van der Waals surface area contributed by atoms with Gasteiger partial charge in [0.2, 0.25) is 6.79 Å². The summed E-state index contributed by atoms with van der Waals surface area (Å²) < 4.78 is 10.9. The molecular formula is C16H20O2. The van der Waals surface area contributed by atoms with Gasteiger partial charge in [-0.15, -0.1) is 0 Å². The molecule has 0 N–H and O–H groups in total. The molecule has 2 nitrogen and oxygen atoms in total. The fraction of sp³-hybridized carbons (Fsp3) is 0.375. The average molecular weight is 244 g/mol. The molecule has 1 aliphatic heterocycles. The lowest BCUT2D eigenvalue weighted by Gasteiger charge is -2.11. The summed E-state index contributed by atoms with van der Waals surface area (Å²) in [5.41, 5.74) is 2.66. The second-order valence-corrected chi connectivity index (χ2v) is 4.94. The van der Waals surface area contributed by atoms with Gasteiger partial charge in [-0.2, -0.15) is 0 Å². The SMILES string of the molecule is C=CC=CCc1cc2c(cc1CC(C)C)OCO2. The van der Waals surface area contributed by atoms with E-state index in [1.54, 1.807) is 6.08 Å². The molecule has 1 aliphatic rings. The Labute approximate surface area is 109 Å². The van der Waals surface area contributed by atoms with Crippen molar-refractivity contribution < 1.29 is 9.47 Å². The third-order valence-corrected chi connectivity index (χ3v) is 2.93. The highest BCUT2D eigenvalue weighted by atomic mass is 16.7. The molecule has 0 saturated heterocycles. The molecule has 2 heteroatoms. The summed E-state index contributed by atoms with van der Waals surface area (Å²) in [5.74, 6) is 2.37. The Morgan fingerprint density at radius 2 is 1.89 bits per heavy atom. The lowest BCUT2D eigenvalue weighted by Crippen LogP contribution is -1.99. The van der Waals surface area contributed by atoms with Gasteiger partial charge in [-0.05, 0) is 42.0 Å². The highest BCUT2D eigenvalue weighted by Crippen LogP contribution is 2.35. The molecule has 0 radical (unpaired) electrons. The van der Waals surface area contributed by atoms with Crippen molar-refractivity contribution in [1.82, 2.24) is 0 Å². The summed E-state index contributed by atoms with van der Waals surface area (Å²) >= 11 is 0. The van der Waals surface area contributed by atoms with Gasteiger partial charge in [-0.25, -0.2) is 0 Å². The van der Waals surface area contributed by atoms with E-state index in [2.05, 4.69) is 38.6 Å². The van der Waals surface area contributed by atoms with Crippen molar-refractivity contribution in [2.75, 3.05) is 6.79 Å². The number of hydrogen-bond acceptors (Lipinski definition) is 2. The van der Waals surface area contributed by atoms with Crippen molar-refractivity contribution in [3.63, 3.8) is 0 Å². The molecule has 2 rings (SSSR count). The van der Waals surface area contributed by atoms with Gasteiger partial charge in [0.1, 0.15) is 0 Å². The summed E-state index contributed by atoms with van der Waals surface area (Å²) in [7, 11) is 0. The zero-order valence-corrected chi connectivity index (χ0v) is 11.1. The van der Waals surface area contributed by atoms with E-state index in [1.165, 1.54) is 11.1 Å². The van der Waals surface area contributed by atoms with Gasteiger partial charge >= 0.3 is 0 Å². The Bertz CT molecular complexity index is 458. The Hall–Kier alpha value is -1.70. The van der Waals surface area contributed by atoms with E-state index in [1.807, 2.05) is 6.08 Å². The summed E-state index contributed by atoms with van der Waals surface area (Å²) in [5, 5.41) is 0. The van der Waals surface area contributed by atoms with E-state index in [0.717, 1.165) is 24.3 Å². The van der Waals surface area contributed by atoms with E-state index >= 15 is 0 Å². The van der Waals surface area contributed by atoms with Crippen molar-refractivity contribution in [1.29, 1.82) is 0 Å². The maximum absolute atomic E-state index is 5.44. The monoisotopic (exact) mass is 244 g/mol. The first-order valence-corrected chi connectivity index (χ1v) is 6.39. The van der Waals surface area contributed by atoms with E-state index in [9.17, 15) is 0 Å². The third kappa shape index (κ3) is 2.95. The highest BCUT2D eigenvalue weighted by Gasteiger charge is 2.17. The molecule has 0 unspecified atom stereocenters. The van der Waals surface area contributed by atoms with E-state index in [4.69, 9.17) is 9.47 Å². The van der Waals surface area contributed by atoms with Crippen LogP contribution in [0.4, 0.5) is 0 Å². The lowest BCUT2D eigenvalue weighted by molar-refractivity contribution is 0.174. The zero-order chi connectivity index (χ0) is 13.0. The maximum atomic E-state index is 5.44. The van der Waals surface area contributed by atoms with Crippen LogP contribution in [-0.2, 0) is 12.8 Å². The molecule has 0 fully saturated rings. The number of fused-ring (bicyclic) bond motifs is 1. The van der Waals surface area contributed by atoms with Crippen LogP contribution in [0, 0.1) is 5.92 Å². The Morgan fingerprint density at radius 1 is 1.22 bits per heavy atom. The largest absolute Gasteiger partial charge is 0.454 e. The van der Waals surface area contributed by atoms with Crippen molar-refractivity contribution in [3.05, 3.63) is 48.1 Å². The van der Waals surface area contributed by atoms with Crippen molar-refractivity contribution >= 4 is 0 Å². The minimum absolute atomic E-state index is 0.336. The molecule has 0 atom stereocenters. The fourth-order valence-electron chi connectivity index (χ4n) is 2.14. The number of ether oxygens (including phenoxy) is 2. The van der Waals surface area contributed by atoms with Crippen LogP contribution in [0.1, 0.15) is 25.0 Å². The van der Waals surface area contributed by atoms with Crippen molar-refractivity contribution in [2.45, 2.75) is 26.7 Å². The van der Waals surface area contributed by atoms with Crippen LogP contribution in [0.3, 0.4) is 0 Å². The second kappa shape index (κ2) is 5.76. The Kier molecular flexibility index (Phi) is 4.08. The van der Waals surface area contributed by atoms with E-state index < -0.39 is 0 Å². The smallest absolute Gasteiger partial charge is 0.231 e. The highest BCUT2D eigenvalue weighted by molar-refractivity contribution is 5.49. The predicted molar refractivity (Wildman–Crippen MR) is 74.1 cm³/mol. The second-order valence-electron chi connectivity index (χ2n) is 4.94. The topological polar surface area (TPSA) is 18.5 Å². The van der Waals surface area contributed by atoms with E-state index in [0.29, 0.717) is 12.7 Å². The van der Waals surface area contributed by atoms with Crippen LogP contribution in [0.25, 0.3) is 0 Å². The molecule has 0 amide bonds. The number of benzene rings is 1. The normalized spacial score (nSPS) is 13.5. The lowest BCUT2D eigenvalue weighted by atomic mass is 9.95. The number of rotatable bonds is 5. The first kappa shape index (κ1) is 12.7. The summed E-state index contributed by atoms with van der Waals surface area (Å²) in [6.07, 6.45) is 7.87. The molecule has 0 bridgehead atoms. The number of hydrogen-bond donors (Lipinski definition) is 0. The van der Waals surface area contributed by atoms with Crippen LogP contribution in [0.15, 0.2) is 36.9 Å². The van der Waals surface area contributed by atoms with Crippen LogP contribution in [-0.4, -0.2) is 6.79 Å². The predicted octanol–water partition coefficient (Wildman–Crippen LogP) is 3.90. The number of allylic oxidation sites excluding steroid dienone is 3. The molecule has 0 saturated carbocycles. The molecule has 18 heavy (non-hydrogen) atoms. The van der Waals surface area contributed by atoms with Gasteiger partial charge in [0.05, 0.1) is 0 Å². The first-order chi connectivity index (χ1) is 8.70. The molecule has 1 aromatic carbocycles. The molecule has 0 aromatic heterocycles. The quantitative estimate of drug-likeness (QED) is 0.731. The third-order valence-electron chi connectivity index (χ3n) is 2.93. The van der Waals surface area contributed by atoms with Crippen molar-refractivity contribution in [3.8, 4) is 11.5 Å². The van der Waals surface area contributed by atoms with Gasteiger partial charge in [0.15, 0.2) is 11.5 Å². The van der Waals surface area contributed by atoms with Crippen LogP contribution in [0.5, 0.6) is 11.5 Å². The molecular weight excluding hydrogens is 224 g/mol. The molecule has 96 valence electrons.